The molecule has 1 saturated heterocycles. The Morgan fingerprint density at radius 1 is 0.938 bits per heavy atom. The normalized spacial score (nSPS) is 15.8. The van der Waals surface area contributed by atoms with Gasteiger partial charge < -0.3 is 24.4 Å². The Labute approximate surface area is 187 Å². The van der Waals surface area contributed by atoms with Gasteiger partial charge in [0.1, 0.15) is 36.0 Å². The van der Waals surface area contributed by atoms with Crippen molar-refractivity contribution < 1.29 is 29.2 Å². The molecule has 0 spiro atoms. The monoisotopic (exact) mass is 434 g/mol. The molecule has 1 aliphatic heterocycles. The van der Waals surface area contributed by atoms with E-state index < -0.39 is 5.97 Å². The summed E-state index contributed by atoms with van der Waals surface area (Å²) in [6.45, 7) is 1.64. The van der Waals surface area contributed by atoms with Crippen molar-refractivity contribution in [2.75, 3.05) is 13.2 Å². The molecule has 1 fully saturated rings. The van der Waals surface area contributed by atoms with Gasteiger partial charge in [-0.2, -0.15) is 0 Å². The summed E-state index contributed by atoms with van der Waals surface area (Å²) in [5.74, 6) is -0.300. The van der Waals surface area contributed by atoms with Gasteiger partial charge in [0.05, 0.1) is 6.10 Å². The number of carboxylic acids is 1. The Balaban J connectivity index is 1.41. The number of aromatic carboxylic acids is 1. The first-order chi connectivity index (χ1) is 15.6. The van der Waals surface area contributed by atoms with Crippen molar-refractivity contribution in [2.24, 2.45) is 0 Å². The highest BCUT2D eigenvalue weighted by atomic mass is 16.5. The largest absolute Gasteiger partial charge is 0.507 e. The number of aromatic hydroxyl groups is 1. The van der Waals surface area contributed by atoms with Gasteiger partial charge in [-0.3, -0.25) is 0 Å². The van der Waals surface area contributed by atoms with Gasteiger partial charge in [0, 0.05) is 6.61 Å². The topological polar surface area (TPSA) is 85.2 Å². The molecular weight excluding hydrogens is 408 g/mol. The number of ether oxygens (including phenoxy) is 3. The SMILES string of the molecule is O=C(O)c1cc(OCc2cccc(-c3cccc(OCC4CCCCO4)c3)c2)ccc1O. The molecule has 0 aliphatic carbocycles. The van der Waals surface area contributed by atoms with Gasteiger partial charge in [-0.25, -0.2) is 4.79 Å². The van der Waals surface area contributed by atoms with E-state index in [0.29, 0.717) is 12.4 Å². The van der Waals surface area contributed by atoms with Gasteiger partial charge in [-0.05, 0) is 72.4 Å². The first kappa shape index (κ1) is 21.7. The second kappa shape index (κ2) is 10.2. The van der Waals surface area contributed by atoms with Crippen LogP contribution in [0.4, 0.5) is 0 Å². The van der Waals surface area contributed by atoms with Gasteiger partial charge >= 0.3 is 5.97 Å². The number of carboxylic acid groups (broad SMARTS) is 1. The summed E-state index contributed by atoms with van der Waals surface area (Å²) in [5.41, 5.74) is 2.81. The quantitative estimate of drug-likeness (QED) is 0.501. The lowest BCUT2D eigenvalue weighted by molar-refractivity contribution is -0.0110. The maximum Gasteiger partial charge on any atom is 0.339 e. The molecule has 0 radical (unpaired) electrons. The first-order valence-corrected chi connectivity index (χ1v) is 10.7. The summed E-state index contributed by atoms with van der Waals surface area (Å²) in [6.07, 6.45) is 3.51. The second-order valence-corrected chi connectivity index (χ2v) is 7.80. The van der Waals surface area contributed by atoms with E-state index in [2.05, 4.69) is 0 Å². The average molecular weight is 434 g/mol. The zero-order valence-electron chi connectivity index (χ0n) is 17.7. The molecule has 4 rings (SSSR count). The molecule has 1 aliphatic rings. The Morgan fingerprint density at radius 3 is 2.50 bits per heavy atom. The molecule has 1 atom stereocenters. The van der Waals surface area contributed by atoms with Crippen LogP contribution in [0.2, 0.25) is 0 Å². The van der Waals surface area contributed by atoms with Crippen LogP contribution in [0, 0.1) is 0 Å². The van der Waals surface area contributed by atoms with Crippen molar-refractivity contribution in [3.8, 4) is 28.4 Å². The molecular formula is C26H26O6. The molecule has 1 unspecified atom stereocenters. The van der Waals surface area contributed by atoms with Gasteiger partial charge in [0.25, 0.3) is 0 Å². The highest BCUT2D eigenvalue weighted by Gasteiger charge is 2.15. The zero-order chi connectivity index (χ0) is 22.3. The van der Waals surface area contributed by atoms with E-state index in [1.165, 1.54) is 18.6 Å². The summed E-state index contributed by atoms with van der Waals surface area (Å²) < 4.78 is 17.4. The van der Waals surface area contributed by atoms with Crippen LogP contribution in [0.25, 0.3) is 11.1 Å². The third-order valence-electron chi connectivity index (χ3n) is 5.41. The fraction of sp³-hybridized carbons (Fsp3) is 0.269. The van der Waals surface area contributed by atoms with Crippen molar-refractivity contribution in [2.45, 2.75) is 32.0 Å². The predicted molar refractivity (Wildman–Crippen MR) is 120 cm³/mol. The van der Waals surface area contributed by atoms with Crippen LogP contribution in [0.5, 0.6) is 17.2 Å². The van der Waals surface area contributed by atoms with Crippen molar-refractivity contribution >= 4 is 5.97 Å². The summed E-state index contributed by atoms with van der Waals surface area (Å²) in [6, 6.07) is 20.1. The predicted octanol–water partition coefficient (Wildman–Crippen LogP) is 5.28. The Morgan fingerprint density at radius 2 is 1.72 bits per heavy atom. The number of phenols is 1. The number of carbonyl (C=O) groups is 1. The van der Waals surface area contributed by atoms with Crippen molar-refractivity contribution in [1.82, 2.24) is 0 Å². The molecule has 2 N–H and O–H groups in total. The van der Waals surface area contributed by atoms with E-state index in [9.17, 15) is 9.90 Å². The maximum atomic E-state index is 11.2. The van der Waals surface area contributed by atoms with E-state index in [1.54, 1.807) is 6.07 Å². The van der Waals surface area contributed by atoms with Crippen LogP contribution in [-0.2, 0) is 11.3 Å². The molecule has 0 bridgehead atoms. The fourth-order valence-electron chi connectivity index (χ4n) is 3.68. The smallest absolute Gasteiger partial charge is 0.339 e. The molecule has 3 aromatic rings. The summed E-state index contributed by atoms with van der Waals surface area (Å²) in [7, 11) is 0. The van der Waals surface area contributed by atoms with Crippen LogP contribution in [-0.4, -0.2) is 35.5 Å². The Hall–Kier alpha value is -3.51. The van der Waals surface area contributed by atoms with Crippen molar-refractivity contribution in [1.29, 1.82) is 0 Å². The van der Waals surface area contributed by atoms with E-state index in [1.807, 2.05) is 48.5 Å². The van der Waals surface area contributed by atoms with Crippen LogP contribution in [0.3, 0.4) is 0 Å². The third-order valence-corrected chi connectivity index (χ3v) is 5.41. The van der Waals surface area contributed by atoms with Gasteiger partial charge in [0.2, 0.25) is 0 Å². The minimum Gasteiger partial charge on any atom is -0.507 e. The highest BCUT2D eigenvalue weighted by molar-refractivity contribution is 5.91. The summed E-state index contributed by atoms with van der Waals surface area (Å²) in [4.78, 5) is 11.2. The fourth-order valence-corrected chi connectivity index (χ4v) is 3.68. The molecule has 166 valence electrons. The lowest BCUT2D eigenvalue weighted by Gasteiger charge is -2.22. The molecule has 1 heterocycles. The number of benzene rings is 3. The molecule has 6 heteroatoms. The molecule has 32 heavy (non-hydrogen) atoms. The first-order valence-electron chi connectivity index (χ1n) is 10.7. The Kier molecular flexibility index (Phi) is 6.92. The van der Waals surface area contributed by atoms with Gasteiger partial charge in [-0.1, -0.05) is 30.3 Å². The lowest BCUT2D eigenvalue weighted by Crippen LogP contribution is -2.25. The van der Waals surface area contributed by atoms with E-state index in [0.717, 1.165) is 41.9 Å². The number of hydrogen-bond acceptors (Lipinski definition) is 5. The number of hydrogen-bond donors (Lipinski definition) is 2. The van der Waals surface area contributed by atoms with E-state index in [-0.39, 0.29) is 24.0 Å². The van der Waals surface area contributed by atoms with E-state index in [4.69, 9.17) is 19.3 Å². The van der Waals surface area contributed by atoms with Gasteiger partial charge in [-0.15, -0.1) is 0 Å². The van der Waals surface area contributed by atoms with Crippen LogP contribution in [0.1, 0.15) is 35.2 Å². The van der Waals surface area contributed by atoms with Crippen molar-refractivity contribution in [3.63, 3.8) is 0 Å². The highest BCUT2D eigenvalue weighted by Crippen LogP contribution is 2.27. The minimum atomic E-state index is -1.20. The summed E-state index contributed by atoms with van der Waals surface area (Å²) in [5, 5.41) is 18.8. The standard InChI is InChI=1S/C26H26O6/c27-25-11-10-22(15-24(25)26(28)29)31-16-18-5-3-6-19(13-18)20-7-4-9-21(14-20)32-17-23-8-1-2-12-30-23/h3-7,9-11,13-15,23,27H,1-2,8,12,16-17H2,(H,28,29). The van der Waals surface area contributed by atoms with Crippen molar-refractivity contribution in [3.05, 3.63) is 77.9 Å². The van der Waals surface area contributed by atoms with Crippen LogP contribution in [0.15, 0.2) is 66.7 Å². The lowest BCUT2D eigenvalue weighted by atomic mass is 10.0. The molecule has 0 saturated carbocycles. The molecule has 6 nitrogen and oxygen atoms in total. The number of rotatable bonds is 8. The Bertz CT molecular complexity index is 1070. The summed E-state index contributed by atoms with van der Waals surface area (Å²) >= 11 is 0. The third kappa shape index (κ3) is 5.59. The molecule has 0 amide bonds. The molecule has 0 aromatic heterocycles. The minimum absolute atomic E-state index is 0.162. The van der Waals surface area contributed by atoms with Crippen LogP contribution >= 0.6 is 0 Å². The second-order valence-electron chi connectivity index (χ2n) is 7.80. The van der Waals surface area contributed by atoms with E-state index >= 15 is 0 Å². The molecule has 3 aromatic carbocycles. The zero-order valence-corrected chi connectivity index (χ0v) is 17.7. The average Bonchev–Trinajstić information content (AvgIpc) is 2.83. The maximum absolute atomic E-state index is 11.2. The van der Waals surface area contributed by atoms with Crippen LogP contribution < -0.4 is 9.47 Å². The van der Waals surface area contributed by atoms with Gasteiger partial charge in [0.15, 0.2) is 0 Å².